The lowest BCUT2D eigenvalue weighted by atomic mass is 10.1. The van der Waals surface area contributed by atoms with Crippen LogP contribution in [0.15, 0.2) is 48.8 Å². The minimum absolute atomic E-state index is 0.0137. The van der Waals surface area contributed by atoms with E-state index in [1.807, 2.05) is 0 Å². The summed E-state index contributed by atoms with van der Waals surface area (Å²) in [6.07, 6.45) is 0.270. The van der Waals surface area contributed by atoms with E-state index in [0.717, 1.165) is 25.0 Å². The van der Waals surface area contributed by atoms with E-state index >= 15 is 0 Å². The van der Waals surface area contributed by atoms with E-state index in [4.69, 9.17) is 9.47 Å². The fourth-order valence-corrected chi connectivity index (χ4v) is 2.87. The molecule has 0 bridgehead atoms. The van der Waals surface area contributed by atoms with Gasteiger partial charge in [0, 0.05) is 18.9 Å². The molecular formula is C19H19F3N2O3. The quantitative estimate of drug-likeness (QED) is 0.796. The van der Waals surface area contributed by atoms with Crippen LogP contribution < -0.4 is 9.47 Å². The first-order valence-electron chi connectivity index (χ1n) is 8.56. The minimum atomic E-state index is -4.45. The van der Waals surface area contributed by atoms with Gasteiger partial charge in [-0.25, -0.2) is 0 Å². The molecule has 1 aromatic heterocycles. The highest BCUT2D eigenvalue weighted by atomic mass is 19.4. The van der Waals surface area contributed by atoms with Crippen LogP contribution in [0.3, 0.4) is 0 Å². The zero-order chi connectivity index (χ0) is 19.3. The van der Waals surface area contributed by atoms with Crippen molar-refractivity contribution >= 4 is 5.91 Å². The highest BCUT2D eigenvalue weighted by Crippen LogP contribution is 2.31. The van der Waals surface area contributed by atoms with Gasteiger partial charge in [-0.15, -0.1) is 0 Å². The standard InChI is InChI=1S/C19H19F3N2O3/c20-19(21,22)14-3-1-4-16(11-14)26-13-18(25)24-10-2-5-17(12-24)27-15-6-8-23-9-7-15/h1,3-4,6-9,11,17H,2,5,10,12-13H2. The Kier molecular flexibility index (Phi) is 5.83. The molecule has 5 nitrogen and oxygen atoms in total. The van der Waals surface area contributed by atoms with E-state index in [0.29, 0.717) is 18.8 Å². The number of piperidine rings is 1. The maximum absolute atomic E-state index is 12.7. The number of carbonyl (C=O) groups excluding carboxylic acids is 1. The molecule has 1 aliphatic rings. The Morgan fingerprint density at radius 2 is 1.96 bits per heavy atom. The molecule has 1 saturated heterocycles. The Bertz CT molecular complexity index is 768. The number of amides is 1. The minimum Gasteiger partial charge on any atom is -0.488 e. The molecule has 8 heteroatoms. The second-order valence-corrected chi connectivity index (χ2v) is 6.22. The molecule has 2 aromatic rings. The summed E-state index contributed by atoms with van der Waals surface area (Å²) in [6.45, 7) is 0.664. The Hall–Kier alpha value is -2.77. The van der Waals surface area contributed by atoms with Crippen molar-refractivity contribution in [2.24, 2.45) is 0 Å². The summed E-state index contributed by atoms with van der Waals surface area (Å²) in [5, 5.41) is 0. The maximum atomic E-state index is 12.7. The van der Waals surface area contributed by atoms with E-state index in [1.54, 1.807) is 29.4 Å². The molecule has 0 N–H and O–H groups in total. The third-order valence-electron chi connectivity index (χ3n) is 4.21. The Morgan fingerprint density at radius 3 is 2.70 bits per heavy atom. The molecule has 1 atom stereocenters. The molecule has 1 fully saturated rings. The monoisotopic (exact) mass is 380 g/mol. The van der Waals surface area contributed by atoms with Crippen molar-refractivity contribution in [3.8, 4) is 11.5 Å². The predicted octanol–water partition coefficient (Wildman–Crippen LogP) is 3.55. The van der Waals surface area contributed by atoms with E-state index < -0.39 is 11.7 Å². The Balaban J connectivity index is 1.53. The average Bonchev–Trinajstić information content (AvgIpc) is 2.67. The number of alkyl halides is 3. The van der Waals surface area contributed by atoms with Crippen LogP contribution in [0.25, 0.3) is 0 Å². The molecule has 0 aliphatic carbocycles. The van der Waals surface area contributed by atoms with Crippen LogP contribution in [0.4, 0.5) is 13.2 Å². The normalized spacial score (nSPS) is 17.4. The zero-order valence-corrected chi connectivity index (χ0v) is 14.5. The number of halogens is 3. The molecular weight excluding hydrogens is 361 g/mol. The van der Waals surface area contributed by atoms with Gasteiger partial charge in [-0.05, 0) is 43.2 Å². The van der Waals surface area contributed by atoms with Crippen molar-refractivity contribution in [2.45, 2.75) is 25.1 Å². The lowest BCUT2D eigenvalue weighted by molar-refractivity contribution is -0.137. The van der Waals surface area contributed by atoms with Crippen LogP contribution >= 0.6 is 0 Å². The van der Waals surface area contributed by atoms with Crippen LogP contribution in [-0.4, -0.2) is 41.6 Å². The van der Waals surface area contributed by atoms with Crippen LogP contribution in [0.5, 0.6) is 11.5 Å². The van der Waals surface area contributed by atoms with Gasteiger partial charge in [0.2, 0.25) is 0 Å². The summed E-state index contributed by atoms with van der Waals surface area (Å²) in [5.41, 5.74) is -0.809. The van der Waals surface area contributed by atoms with Gasteiger partial charge in [-0.1, -0.05) is 6.07 Å². The van der Waals surface area contributed by atoms with Crippen molar-refractivity contribution in [3.05, 3.63) is 54.4 Å². The SMILES string of the molecule is O=C(COc1cccc(C(F)(F)F)c1)N1CCCC(Oc2ccncc2)C1. The topological polar surface area (TPSA) is 51.7 Å². The fraction of sp³-hybridized carbons (Fsp3) is 0.368. The molecule has 1 unspecified atom stereocenters. The Morgan fingerprint density at radius 1 is 1.19 bits per heavy atom. The lowest BCUT2D eigenvalue weighted by Gasteiger charge is -2.32. The predicted molar refractivity (Wildman–Crippen MR) is 91.4 cm³/mol. The van der Waals surface area contributed by atoms with Gasteiger partial charge in [0.25, 0.3) is 5.91 Å². The molecule has 1 aromatic carbocycles. The number of benzene rings is 1. The van der Waals surface area contributed by atoms with Crippen LogP contribution in [-0.2, 0) is 11.0 Å². The molecule has 3 rings (SSSR count). The van der Waals surface area contributed by atoms with Gasteiger partial charge in [0.05, 0.1) is 12.1 Å². The summed E-state index contributed by atoms with van der Waals surface area (Å²) < 4.78 is 49.3. The van der Waals surface area contributed by atoms with Gasteiger partial charge in [0.15, 0.2) is 6.61 Å². The Labute approximate surface area is 154 Å². The highest BCUT2D eigenvalue weighted by molar-refractivity contribution is 5.78. The molecule has 2 heterocycles. The summed E-state index contributed by atoms with van der Waals surface area (Å²) in [4.78, 5) is 17.9. The van der Waals surface area contributed by atoms with E-state index in [1.165, 1.54) is 12.1 Å². The first-order chi connectivity index (χ1) is 12.9. The fourth-order valence-electron chi connectivity index (χ4n) is 2.87. The van der Waals surface area contributed by atoms with Gasteiger partial charge in [-0.2, -0.15) is 13.2 Å². The van der Waals surface area contributed by atoms with E-state index in [9.17, 15) is 18.0 Å². The zero-order valence-electron chi connectivity index (χ0n) is 14.5. The van der Waals surface area contributed by atoms with Crippen LogP contribution in [0.2, 0.25) is 0 Å². The number of hydrogen-bond donors (Lipinski definition) is 0. The van der Waals surface area contributed by atoms with Gasteiger partial charge >= 0.3 is 6.18 Å². The number of likely N-dealkylation sites (tertiary alicyclic amines) is 1. The number of pyridine rings is 1. The molecule has 144 valence electrons. The summed E-state index contributed by atoms with van der Waals surface area (Å²) >= 11 is 0. The molecule has 0 radical (unpaired) electrons. The molecule has 0 spiro atoms. The van der Waals surface area contributed by atoms with Gasteiger partial charge < -0.3 is 14.4 Å². The van der Waals surface area contributed by atoms with E-state index in [2.05, 4.69) is 4.98 Å². The van der Waals surface area contributed by atoms with Crippen molar-refractivity contribution in [2.75, 3.05) is 19.7 Å². The smallest absolute Gasteiger partial charge is 0.416 e. The van der Waals surface area contributed by atoms with Crippen molar-refractivity contribution in [1.82, 2.24) is 9.88 Å². The van der Waals surface area contributed by atoms with Crippen molar-refractivity contribution in [3.63, 3.8) is 0 Å². The highest BCUT2D eigenvalue weighted by Gasteiger charge is 2.31. The third kappa shape index (κ3) is 5.35. The van der Waals surface area contributed by atoms with Gasteiger partial charge in [0.1, 0.15) is 17.6 Å². The summed E-state index contributed by atoms with van der Waals surface area (Å²) in [6, 6.07) is 7.99. The van der Waals surface area contributed by atoms with Crippen molar-refractivity contribution in [1.29, 1.82) is 0 Å². The summed E-state index contributed by atoms with van der Waals surface area (Å²) in [5.74, 6) is 0.416. The first kappa shape index (κ1) is 19.0. The molecule has 27 heavy (non-hydrogen) atoms. The van der Waals surface area contributed by atoms with Gasteiger partial charge in [-0.3, -0.25) is 9.78 Å². The van der Waals surface area contributed by atoms with E-state index in [-0.39, 0.29) is 24.4 Å². The number of ether oxygens (including phenoxy) is 2. The first-order valence-corrected chi connectivity index (χ1v) is 8.56. The number of hydrogen-bond acceptors (Lipinski definition) is 4. The second kappa shape index (κ2) is 8.28. The molecule has 1 amide bonds. The van der Waals surface area contributed by atoms with Crippen LogP contribution in [0, 0.1) is 0 Å². The maximum Gasteiger partial charge on any atom is 0.416 e. The van der Waals surface area contributed by atoms with Crippen molar-refractivity contribution < 1.29 is 27.4 Å². The number of nitrogens with zero attached hydrogens (tertiary/aromatic N) is 2. The molecule has 0 saturated carbocycles. The second-order valence-electron chi connectivity index (χ2n) is 6.22. The largest absolute Gasteiger partial charge is 0.488 e. The summed E-state index contributed by atoms with van der Waals surface area (Å²) in [7, 11) is 0. The average molecular weight is 380 g/mol. The number of carbonyl (C=O) groups is 1. The number of rotatable bonds is 5. The lowest BCUT2D eigenvalue weighted by Crippen LogP contribution is -2.46. The molecule has 1 aliphatic heterocycles. The number of aromatic nitrogens is 1. The third-order valence-corrected chi connectivity index (χ3v) is 4.21. The van der Waals surface area contributed by atoms with Crippen LogP contribution in [0.1, 0.15) is 18.4 Å².